The highest BCUT2D eigenvalue weighted by Crippen LogP contribution is 2.29. The Hall–Kier alpha value is -2.02. The largest absolute Gasteiger partial charge is 0.495 e. The highest BCUT2D eigenvalue weighted by atomic mass is 79.9. The predicted octanol–water partition coefficient (Wildman–Crippen LogP) is 3.57. The molecule has 0 radical (unpaired) electrons. The second kappa shape index (κ2) is 5.75. The monoisotopic (exact) mass is 326 g/mol. The summed E-state index contributed by atoms with van der Waals surface area (Å²) in [5.74, 6) is 1.25. The molecule has 1 heterocycles. The fraction of sp³-hybridized carbons (Fsp3) is 0.167. The Morgan fingerprint density at radius 2 is 2.21 bits per heavy atom. The number of ether oxygens (including phenoxy) is 1. The summed E-state index contributed by atoms with van der Waals surface area (Å²) in [6.45, 7) is 0.406. The van der Waals surface area contributed by atoms with Crippen molar-refractivity contribution >= 4 is 27.3 Å². The van der Waals surface area contributed by atoms with E-state index in [1.54, 1.807) is 18.2 Å². The molecule has 0 aliphatic rings. The lowest BCUT2D eigenvalue weighted by Gasteiger charge is -2.09. The number of furan rings is 1. The third-order valence-electron chi connectivity index (χ3n) is 2.48. The van der Waals surface area contributed by atoms with Gasteiger partial charge in [0.1, 0.15) is 11.5 Å². The molecule has 0 fully saturated rings. The molecule has 2 rings (SSSR count). The number of non-ortho nitro benzene ring substituents is 1. The fourth-order valence-corrected chi connectivity index (χ4v) is 1.92. The minimum Gasteiger partial charge on any atom is -0.495 e. The first-order chi connectivity index (χ1) is 9.10. The van der Waals surface area contributed by atoms with Crippen molar-refractivity contribution in [3.8, 4) is 5.75 Å². The first kappa shape index (κ1) is 13.4. The third-order valence-corrected chi connectivity index (χ3v) is 2.90. The summed E-state index contributed by atoms with van der Waals surface area (Å²) < 4.78 is 11.1. The topological polar surface area (TPSA) is 77.5 Å². The molecule has 0 atom stereocenters. The molecule has 0 spiro atoms. The maximum Gasteiger partial charge on any atom is 0.271 e. The van der Waals surface area contributed by atoms with E-state index in [0.29, 0.717) is 28.4 Å². The van der Waals surface area contributed by atoms with Crippen LogP contribution in [0.5, 0.6) is 5.75 Å². The van der Waals surface area contributed by atoms with Crippen molar-refractivity contribution in [2.24, 2.45) is 0 Å². The second-order valence-electron chi connectivity index (χ2n) is 3.70. The van der Waals surface area contributed by atoms with Crippen LogP contribution in [-0.4, -0.2) is 12.0 Å². The van der Waals surface area contributed by atoms with Gasteiger partial charge in [-0.25, -0.2) is 0 Å². The predicted molar refractivity (Wildman–Crippen MR) is 73.4 cm³/mol. The van der Waals surface area contributed by atoms with Crippen LogP contribution in [-0.2, 0) is 6.54 Å². The van der Waals surface area contributed by atoms with Crippen molar-refractivity contribution in [1.82, 2.24) is 0 Å². The molecule has 0 bridgehead atoms. The van der Waals surface area contributed by atoms with Crippen molar-refractivity contribution in [1.29, 1.82) is 0 Å². The van der Waals surface area contributed by atoms with Gasteiger partial charge in [-0.05, 0) is 34.1 Å². The Morgan fingerprint density at radius 1 is 1.42 bits per heavy atom. The minimum absolute atomic E-state index is 0.00363. The number of hydrogen-bond acceptors (Lipinski definition) is 5. The molecule has 0 aliphatic carbocycles. The van der Waals surface area contributed by atoms with Crippen molar-refractivity contribution in [3.63, 3.8) is 0 Å². The number of nitro groups is 1. The van der Waals surface area contributed by atoms with Crippen LogP contribution in [0.15, 0.2) is 39.4 Å². The van der Waals surface area contributed by atoms with E-state index in [0.717, 1.165) is 0 Å². The fourth-order valence-electron chi connectivity index (χ4n) is 1.58. The average molecular weight is 327 g/mol. The molecule has 1 N–H and O–H groups in total. The van der Waals surface area contributed by atoms with Crippen LogP contribution in [0.25, 0.3) is 0 Å². The SMILES string of the molecule is COc1ccc([N+](=O)[O-])cc1NCc1ccc(Br)o1. The zero-order valence-corrected chi connectivity index (χ0v) is 11.6. The number of halogens is 1. The molecule has 100 valence electrons. The first-order valence-electron chi connectivity index (χ1n) is 5.40. The second-order valence-corrected chi connectivity index (χ2v) is 4.48. The zero-order chi connectivity index (χ0) is 13.8. The van der Waals surface area contributed by atoms with Crippen LogP contribution in [0.3, 0.4) is 0 Å². The first-order valence-corrected chi connectivity index (χ1v) is 6.20. The number of methoxy groups -OCH3 is 1. The summed E-state index contributed by atoms with van der Waals surface area (Å²) in [5.41, 5.74) is 0.549. The number of rotatable bonds is 5. The molecule has 0 aliphatic heterocycles. The van der Waals surface area contributed by atoms with Gasteiger partial charge in [-0.3, -0.25) is 10.1 Å². The maximum atomic E-state index is 10.7. The Labute approximate surface area is 117 Å². The van der Waals surface area contributed by atoms with Crippen molar-refractivity contribution in [2.75, 3.05) is 12.4 Å². The van der Waals surface area contributed by atoms with E-state index in [1.165, 1.54) is 19.2 Å². The van der Waals surface area contributed by atoms with Gasteiger partial charge in [0.2, 0.25) is 0 Å². The average Bonchev–Trinajstić information content (AvgIpc) is 2.81. The number of anilines is 1. The molecule has 0 unspecified atom stereocenters. The molecular formula is C12H11BrN2O4. The molecule has 1 aromatic heterocycles. The summed E-state index contributed by atoms with van der Waals surface area (Å²) in [4.78, 5) is 10.3. The summed E-state index contributed by atoms with van der Waals surface area (Å²) in [6, 6.07) is 7.96. The van der Waals surface area contributed by atoms with Crippen LogP contribution in [0.1, 0.15) is 5.76 Å². The van der Waals surface area contributed by atoms with Gasteiger partial charge >= 0.3 is 0 Å². The molecule has 19 heavy (non-hydrogen) atoms. The van der Waals surface area contributed by atoms with Crippen LogP contribution in [0, 0.1) is 10.1 Å². The lowest BCUT2D eigenvalue weighted by atomic mass is 10.2. The normalized spacial score (nSPS) is 10.2. The van der Waals surface area contributed by atoms with E-state index in [9.17, 15) is 10.1 Å². The smallest absolute Gasteiger partial charge is 0.271 e. The standard InChI is InChI=1S/C12H11BrN2O4/c1-18-11-4-2-8(15(16)17)6-10(11)14-7-9-3-5-12(13)19-9/h2-6,14H,7H2,1H3. The molecule has 0 amide bonds. The summed E-state index contributed by atoms with van der Waals surface area (Å²) >= 11 is 3.21. The summed E-state index contributed by atoms with van der Waals surface area (Å²) in [5, 5.41) is 13.8. The van der Waals surface area contributed by atoms with Gasteiger partial charge in [-0.2, -0.15) is 0 Å². The molecule has 0 saturated carbocycles. The maximum absolute atomic E-state index is 10.7. The molecule has 2 aromatic rings. The van der Waals surface area contributed by atoms with Crippen LogP contribution in [0.2, 0.25) is 0 Å². The zero-order valence-electron chi connectivity index (χ0n) is 10.1. The molecule has 7 heteroatoms. The number of nitrogens with zero attached hydrogens (tertiary/aromatic N) is 1. The number of hydrogen-bond donors (Lipinski definition) is 1. The minimum atomic E-state index is -0.450. The van der Waals surface area contributed by atoms with Crippen LogP contribution < -0.4 is 10.1 Å². The Bertz CT molecular complexity index is 597. The Morgan fingerprint density at radius 3 is 2.79 bits per heavy atom. The van der Waals surface area contributed by atoms with Gasteiger partial charge in [0, 0.05) is 12.1 Å². The summed E-state index contributed by atoms with van der Waals surface area (Å²) in [6.07, 6.45) is 0. The van der Waals surface area contributed by atoms with Crippen molar-refractivity contribution in [2.45, 2.75) is 6.54 Å². The van der Waals surface area contributed by atoms with Gasteiger partial charge in [0.15, 0.2) is 4.67 Å². The molecular weight excluding hydrogens is 316 g/mol. The van der Waals surface area contributed by atoms with Gasteiger partial charge in [0.25, 0.3) is 5.69 Å². The van der Waals surface area contributed by atoms with E-state index in [1.807, 2.05) is 0 Å². The van der Waals surface area contributed by atoms with E-state index in [2.05, 4.69) is 21.2 Å². The van der Waals surface area contributed by atoms with E-state index in [-0.39, 0.29) is 5.69 Å². The number of benzene rings is 1. The van der Waals surface area contributed by atoms with E-state index >= 15 is 0 Å². The number of nitro benzene ring substituents is 1. The summed E-state index contributed by atoms with van der Waals surface area (Å²) in [7, 11) is 1.51. The Balaban J connectivity index is 2.17. The van der Waals surface area contributed by atoms with Gasteiger partial charge in [-0.15, -0.1) is 0 Å². The molecule has 0 saturated heterocycles. The quantitative estimate of drug-likeness (QED) is 0.671. The highest BCUT2D eigenvalue weighted by Gasteiger charge is 2.11. The van der Waals surface area contributed by atoms with Crippen molar-refractivity contribution < 1.29 is 14.1 Å². The molecule has 6 nitrogen and oxygen atoms in total. The van der Waals surface area contributed by atoms with Gasteiger partial charge in [0.05, 0.1) is 24.3 Å². The van der Waals surface area contributed by atoms with E-state index in [4.69, 9.17) is 9.15 Å². The highest BCUT2D eigenvalue weighted by molar-refractivity contribution is 9.10. The lowest BCUT2D eigenvalue weighted by molar-refractivity contribution is -0.384. The Kier molecular flexibility index (Phi) is 4.06. The molecule has 1 aromatic carbocycles. The number of nitrogens with one attached hydrogen (secondary N) is 1. The third kappa shape index (κ3) is 3.25. The lowest BCUT2D eigenvalue weighted by Crippen LogP contribution is -2.01. The van der Waals surface area contributed by atoms with Crippen LogP contribution in [0.4, 0.5) is 11.4 Å². The van der Waals surface area contributed by atoms with Crippen LogP contribution >= 0.6 is 15.9 Å². The van der Waals surface area contributed by atoms with Gasteiger partial charge in [-0.1, -0.05) is 0 Å². The van der Waals surface area contributed by atoms with E-state index < -0.39 is 4.92 Å². The van der Waals surface area contributed by atoms with Crippen molar-refractivity contribution in [3.05, 3.63) is 50.9 Å². The van der Waals surface area contributed by atoms with Gasteiger partial charge < -0.3 is 14.5 Å².